The molecule has 2 amide bonds. The molecular formula is C18H18N8Na2O7S3. The Labute approximate surface area is 272 Å². The quantitative estimate of drug-likeness (QED) is 0.0932. The van der Waals surface area contributed by atoms with Gasteiger partial charge >= 0.3 is 59.1 Å². The van der Waals surface area contributed by atoms with Crippen LogP contribution in [-0.4, -0.2) is 90.2 Å². The minimum absolute atomic E-state index is 0. The zero-order valence-corrected chi connectivity index (χ0v) is 27.1. The average Bonchev–Trinajstić information content (AvgIpc) is 3.27. The molecule has 3 N–H and O–H groups in total. The first-order valence-corrected chi connectivity index (χ1v) is 13.2. The minimum atomic E-state index is -1.56. The first kappa shape index (κ1) is 33.1. The number of nitrogens with two attached hydrogens (primary N) is 1. The first-order chi connectivity index (χ1) is 17.1. The monoisotopic (exact) mass is 600 g/mol. The number of carbonyl (C=O) groups is 3. The Morgan fingerprint density at radius 2 is 2.00 bits per heavy atom. The molecule has 3 atom stereocenters. The van der Waals surface area contributed by atoms with Crippen LogP contribution < -0.4 is 85.9 Å². The number of nitrogens with one attached hydrogen (secondary N) is 1. The number of thioether (sulfide) groups is 3. The number of β-lactam (4-membered cyclic amide) rings is 1. The molecule has 15 nitrogen and oxygen atoms in total. The number of aliphatic carboxylic acids is 1. The van der Waals surface area contributed by atoms with E-state index in [0.717, 1.165) is 21.3 Å². The summed E-state index contributed by atoms with van der Waals surface area (Å²) in [5.74, 6) is -3.32. The fourth-order valence-electron chi connectivity index (χ4n) is 3.54. The van der Waals surface area contributed by atoms with Crippen LogP contribution in [0.1, 0.15) is 0 Å². The van der Waals surface area contributed by atoms with Crippen LogP contribution in [0.2, 0.25) is 0 Å². The van der Waals surface area contributed by atoms with Gasteiger partial charge in [0.25, 0.3) is 17.4 Å². The number of hydrogen-bond donors (Lipinski definition) is 2. The summed E-state index contributed by atoms with van der Waals surface area (Å²) in [6.45, 7) is 0. The molecule has 1 aromatic rings. The maximum absolute atomic E-state index is 12.9. The van der Waals surface area contributed by atoms with Crippen molar-refractivity contribution in [1.29, 1.82) is 0 Å². The van der Waals surface area contributed by atoms with Gasteiger partial charge in [0.1, 0.15) is 24.0 Å². The van der Waals surface area contributed by atoms with Crippen molar-refractivity contribution in [2.75, 3.05) is 24.4 Å². The van der Waals surface area contributed by atoms with Gasteiger partial charge in [0, 0.05) is 24.3 Å². The van der Waals surface area contributed by atoms with E-state index < -0.39 is 46.1 Å². The molecule has 0 saturated carbocycles. The smallest absolute Gasteiger partial charge is 0.854 e. The molecule has 1 unspecified atom stereocenters. The van der Waals surface area contributed by atoms with Gasteiger partial charge in [-0.15, -0.1) is 23.5 Å². The van der Waals surface area contributed by atoms with Crippen LogP contribution in [0.5, 0.6) is 5.88 Å². The summed E-state index contributed by atoms with van der Waals surface area (Å²) >= 11 is 3.53. The van der Waals surface area contributed by atoms with E-state index in [4.69, 9.17) is 10.6 Å². The van der Waals surface area contributed by atoms with Gasteiger partial charge in [-0.2, -0.15) is 10.1 Å². The maximum atomic E-state index is 12.9. The topological polar surface area (TPSA) is 220 Å². The fourth-order valence-corrected chi connectivity index (χ4v) is 6.67. The van der Waals surface area contributed by atoms with E-state index in [1.165, 1.54) is 37.7 Å². The van der Waals surface area contributed by atoms with E-state index in [0.29, 0.717) is 17.0 Å². The van der Waals surface area contributed by atoms with Gasteiger partial charge in [-0.3, -0.25) is 24.3 Å². The number of carboxylic acids is 1. The van der Waals surface area contributed by atoms with Crippen LogP contribution in [-0.2, 0) is 26.3 Å². The van der Waals surface area contributed by atoms with E-state index in [2.05, 4.69) is 25.5 Å². The number of carboxylic acid groups (broad SMARTS) is 1. The summed E-state index contributed by atoms with van der Waals surface area (Å²) in [4.78, 5) is 62.8. The molecule has 0 bridgehead atoms. The van der Waals surface area contributed by atoms with Gasteiger partial charge in [-0.05, 0) is 5.57 Å². The van der Waals surface area contributed by atoms with E-state index in [1.54, 1.807) is 0 Å². The van der Waals surface area contributed by atoms with Crippen molar-refractivity contribution in [3.05, 3.63) is 21.6 Å². The third kappa shape index (κ3) is 6.79. The number of carbonyl (C=O) groups excluding carboxylic acids is 3. The van der Waals surface area contributed by atoms with E-state index in [9.17, 15) is 29.4 Å². The second-order valence-electron chi connectivity index (χ2n) is 7.42. The number of aliphatic imine (C=N–C) groups is 1. The maximum Gasteiger partial charge on any atom is 1.00 e. The van der Waals surface area contributed by atoms with E-state index in [1.807, 2.05) is 0 Å². The molecule has 38 heavy (non-hydrogen) atoms. The van der Waals surface area contributed by atoms with Gasteiger partial charge in [0.15, 0.2) is 10.9 Å². The van der Waals surface area contributed by atoms with Gasteiger partial charge in [0.2, 0.25) is 0 Å². The average molecular weight is 601 g/mol. The second-order valence-corrected chi connectivity index (χ2v) is 10.6. The third-order valence-electron chi connectivity index (χ3n) is 5.15. The number of aromatic nitrogens is 3. The number of hydrogen-bond acceptors (Lipinski definition) is 15. The molecule has 0 aromatic carbocycles. The summed E-state index contributed by atoms with van der Waals surface area (Å²) in [5, 5.41) is 32.5. The number of rotatable bonds is 8. The SMILES string of the molecule is CO/N=C(\C(=O)N[C@@H]1C(=O)N2C(C(=O)[O-])=C(CSc3nc(=O)c([O-])nn3C)CS[C@H]12)C1=NC(N)SC1.[Na+].[Na+]. The number of aryl methyl sites for hydroxylation is 1. The Morgan fingerprint density at radius 1 is 1.29 bits per heavy atom. The van der Waals surface area contributed by atoms with Crippen LogP contribution >= 0.6 is 35.3 Å². The van der Waals surface area contributed by atoms with E-state index in [-0.39, 0.29) is 87.2 Å². The Bertz CT molecular complexity index is 1290. The molecular weight excluding hydrogens is 582 g/mol. The van der Waals surface area contributed by atoms with Crippen molar-refractivity contribution in [3.63, 3.8) is 0 Å². The molecule has 192 valence electrons. The molecule has 4 rings (SSSR count). The summed E-state index contributed by atoms with van der Waals surface area (Å²) in [6, 6.07) is -1.01. The van der Waals surface area contributed by atoms with Crippen molar-refractivity contribution in [2.45, 2.75) is 22.1 Å². The van der Waals surface area contributed by atoms with Crippen molar-refractivity contribution >= 4 is 64.5 Å². The van der Waals surface area contributed by atoms with Crippen molar-refractivity contribution in [2.24, 2.45) is 22.9 Å². The molecule has 4 heterocycles. The van der Waals surface area contributed by atoms with Crippen LogP contribution in [0.3, 0.4) is 0 Å². The Kier molecular flexibility index (Phi) is 12.2. The van der Waals surface area contributed by atoms with Crippen molar-refractivity contribution in [1.82, 2.24) is 25.0 Å². The predicted octanol–water partition coefficient (Wildman–Crippen LogP) is -9.81. The van der Waals surface area contributed by atoms with Gasteiger partial charge < -0.3 is 30.9 Å². The van der Waals surface area contributed by atoms with Gasteiger partial charge in [-0.1, -0.05) is 16.9 Å². The number of nitrogens with zero attached hydrogens (tertiary/aromatic N) is 6. The molecule has 3 aliphatic rings. The van der Waals surface area contributed by atoms with Crippen molar-refractivity contribution in [3.8, 4) is 5.88 Å². The fraction of sp³-hybridized carbons (Fsp3) is 0.444. The standard InChI is InChI=1S/C18H20N8O7S3.2Na/c1-25-18(22-12(28)13(29)23-25)36-4-6-3-34-15-9(14(30)26(15)10(6)16(31)32)21-11(27)8(24-33-2)7-5-35-17(19)20-7;;/h9,15,17H,3-5,19H2,1-2H3,(H,21,27)(H,23,29)(H,31,32);;/q;2*+1/p-2/b24-8-;;/t9-,15-,17?;;/m1../s1. The van der Waals surface area contributed by atoms with Crippen molar-refractivity contribution < 1.29 is 88.5 Å². The molecule has 0 spiro atoms. The van der Waals surface area contributed by atoms with Gasteiger partial charge in [0.05, 0.1) is 23.3 Å². The number of fused-ring (bicyclic) bond motifs is 1. The first-order valence-electron chi connectivity index (χ1n) is 10.1. The van der Waals surface area contributed by atoms with E-state index >= 15 is 0 Å². The molecule has 0 aliphatic carbocycles. The van der Waals surface area contributed by atoms with Crippen LogP contribution in [0, 0.1) is 0 Å². The van der Waals surface area contributed by atoms with Crippen LogP contribution in [0.25, 0.3) is 0 Å². The number of oxime groups is 1. The summed E-state index contributed by atoms with van der Waals surface area (Å²) in [7, 11) is 2.69. The molecule has 1 saturated heterocycles. The second kappa shape index (κ2) is 14.0. The molecule has 3 aliphatic heterocycles. The Morgan fingerprint density at radius 3 is 2.61 bits per heavy atom. The third-order valence-corrected chi connectivity index (χ3v) is 8.48. The largest absolute Gasteiger partial charge is 1.00 e. The Balaban J connectivity index is 0.00000253. The zero-order chi connectivity index (χ0) is 26.1. The molecule has 1 fully saturated rings. The van der Waals surface area contributed by atoms with Crippen LogP contribution in [0.4, 0.5) is 0 Å². The normalized spacial score (nSPS) is 22.4. The Hall–Kier alpha value is -1.09. The molecule has 1 aromatic heterocycles. The molecule has 20 heteroatoms. The predicted molar refractivity (Wildman–Crippen MR) is 127 cm³/mol. The van der Waals surface area contributed by atoms with Crippen LogP contribution in [0.15, 0.2) is 31.4 Å². The summed E-state index contributed by atoms with van der Waals surface area (Å²) in [5.41, 5.74) is 4.41. The molecule has 0 radical (unpaired) electrons. The zero-order valence-electron chi connectivity index (χ0n) is 20.7. The number of amides is 2. The summed E-state index contributed by atoms with van der Waals surface area (Å²) in [6.07, 6.45) is 0. The van der Waals surface area contributed by atoms with Gasteiger partial charge in [-0.25, -0.2) is 4.68 Å². The minimum Gasteiger partial charge on any atom is -0.854 e. The summed E-state index contributed by atoms with van der Waals surface area (Å²) < 4.78 is 1.12.